The Bertz CT molecular complexity index is 853. The normalized spacial score (nSPS) is 26.9. The summed E-state index contributed by atoms with van der Waals surface area (Å²) >= 11 is 0. The van der Waals surface area contributed by atoms with Crippen LogP contribution in [-0.2, 0) is 14.4 Å². The van der Waals surface area contributed by atoms with Gasteiger partial charge in [0.25, 0.3) is 5.91 Å². The number of amides is 5. The molecule has 5 amide bonds. The van der Waals surface area contributed by atoms with Crippen molar-refractivity contribution in [2.75, 3.05) is 23.3 Å². The summed E-state index contributed by atoms with van der Waals surface area (Å²) < 4.78 is 0. The molecule has 2 atom stereocenters. The average Bonchev–Trinajstić information content (AvgIpc) is 3.22. The number of nitrogens with zero attached hydrogens (tertiary/aromatic N) is 2. The van der Waals surface area contributed by atoms with Gasteiger partial charge in [-0.2, -0.15) is 0 Å². The van der Waals surface area contributed by atoms with Crippen LogP contribution in [0, 0.1) is 5.92 Å². The molecule has 0 unspecified atom stereocenters. The molecule has 2 aliphatic heterocycles. The number of urea groups is 1. The Labute approximate surface area is 169 Å². The monoisotopic (exact) mass is 398 g/mol. The highest BCUT2D eigenvalue weighted by Crippen LogP contribution is 2.38. The first-order valence-corrected chi connectivity index (χ1v) is 10.2. The summed E-state index contributed by atoms with van der Waals surface area (Å²) in [4.78, 5) is 52.4. The van der Waals surface area contributed by atoms with Crippen LogP contribution < -0.4 is 15.5 Å². The van der Waals surface area contributed by atoms with Gasteiger partial charge in [-0.25, -0.2) is 4.79 Å². The van der Waals surface area contributed by atoms with Crippen molar-refractivity contribution in [3.63, 3.8) is 0 Å². The first-order chi connectivity index (χ1) is 13.9. The minimum Gasteiger partial charge on any atom is -0.325 e. The van der Waals surface area contributed by atoms with E-state index in [4.69, 9.17) is 0 Å². The van der Waals surface area contributed by atoms with Crippen LogP contribution in [0.15, 0.2) is 24.3 Å². The van der Waals surface area contributed by atoms with Crippen LogP contribution in [-0.4, -0.2) is 47.3 Å². The fourth-order valence-corrected chi connectivity index (χ4v) is 4.63. The third-order valence-corrected chi connectivity index (χ3v) is 6.34. The number of imide groups is 1. The molecule has 1 saturated carbocycles. The molecule has 1 spiro atoms. The topological polar surface area (TPSA) is 98.8 Å². The van der Waals surface area contributed by atoms with Crippen LogP contribution in [0.5, 0.6) is 0 Å². The van der Waals surface area contributed by atoms with Crippen molar-refractivity contribution >= 4 is 35.1 Å². The van der Waals surface area contributed by atoms with Crippen LogP contribution in [0.3, 0.4) is 0 Å². The zero-order valence-corrected chi connectivity index (χ0v) is 16.6. The molecule has 8 heteroatoms. The van der Waals surface area contributed by atoms with Crippen molar-refractivity contribution in [2.24, 2.45) is 5.92 Å². The number of nitrogens with one attached hydrogen (secondary N) is 2. The third kappa shape index (κ3) is 3.47. The lowest BCUT2D eigenvalue weighted by Crippen LogP contribution is -2.54. The molecule has 4 rings (SSSR count). The van der Waals surface area contributed by atoms with Crippen molar-refractivity contribution in [3.8, 4) is 0 Å². The molecule has 0 bridgehead atoms. The number of rotatable bonds is 4. The van der Waals surface area contributed by atoms with Crippen LogP contribution in [0.2, 0.25) is 0 Å². The van der Waals surface area contributed by atoms with Crippen LogP contribution >= 0.6 is 0 Å². The van der Waals surface area contributed by atoms with E-state index < -0.39 is 17.5 Å². The zero-order valence-electron chi connectivity index (χ0n) is 16.6. The van der Waals surface area contributed by atoms with Gasteiger partial charge in [0.2, 0.25) is 11.8 Å². The average molecular weight is 398 g/mol. The molecule has 2 N–H and O–H groups in total. The Kier molecular flexibility index (Phi) is 5.02. The lowest BCUT2D eigenvalue weighted by Gasteiger charge is -2.36. The van der Waals surface area contributed by atoms with Gasteiger partial charge in [-0.1, -0.05) is 19.8 Å². The van der Waals surface area contributed by atoms with E-state index in [1.165, 1.54) is 0 Å². The number of benzene rings is 1. The lowest BCUT2D eigenvalue weighted by atomic mass is 9.73. The molecule has 154 valence electrons. The summed E-state index contributed by atoms with van der Waals surface area (Å²) in [6.45, 7) is 2.37. The number of hydrogen-bond acceptors (Lipinski definition) is 4. The maximum absolute atomic E-state index is 12.9. The molecule has 3 fully saturated rings. The number of carbonyl (C=O) groups is 4. The largest absolute Gasteiger partial charge is 0.325 e. The molecule has 1 aliphatic carbocycles. The van der Waals surface area contributed by atoms with E-state index in [-0.39, 0.29) is 24.3 Å². The molecule has 0 radical (unpaired) electrons. The summed E-state index contributed by atoms with van der Waals surface area (Å²) in [5, 5.41) is 5.58. The van der Waals surface area contributed by atoms with Crippen molar-refractivity contribution in [1.82, 2.24) is 10.2 Å². The van der Waals surface area contributed by atoms with Crippen LogP contribution in [0.4, 0.5) is 16.2 Å². The van der Waals surface area contributed by atoms with Gasteiger partial charge in [0.1, 0.15) is 12.1 Å². The summed E-state index contributed by atoms with van der Waals surface area (Å²) in [6.07, 6.45) is 4.85. The van der Waals surface area contributed by atoms with E-state index in [1.807, 2.05) is 6.92 Å². The highest BCUT2D eigenvalue weighted by molar-refractivity contribution is 6.10. The van der Waals surface area contributed by atoms with Gasteiger partial charge < -0.3 is 15.5 Å². The fourth-order valence-electron chi connectivity index (χ4n) is 4.63. The van der Waals surface area contributed by atoms with Gasteiger partial charge in [0.15, 0.2) is 0 Å². The van der Waals surface area contributed by atoms with E-state index in [0.717, 1.165) is 36.3 Å². The third-order valence-electron chi connectivity index (χ3n) is 6.34. The fraction of sp³-hybridized carbons (Fsp3) is 0.524. The Hall–Kier alpha value is -2.90. The van der Waals surface area contributed by atoms with Crippen molar-refractivity contribution in [1.29, 1.82) is 0 Å². The standard InChI is InChI=1S/C21H26N4O4/c1-14-5-2-3-11-21(14)19(28)25(20(29)23-21)13-17(26)22-15-7-9-16(10-8-15)24-12-4-6-18(24)27/h7-10,14H,2-6,11-13H2,1H3,(H,22,26)(H,23,29)/t14-,21+/m0/s1. The van der Waals surface area contributed by atoms with Crippen molar-refractivity contribution in [2.45, 2.75) is 51.0 Å². The van der Waals surface area contributed by atoms with Crippen molar-refractivity contribution < 1.29 is 19.2 Å². The molecule has 3 aliphatic rings. The molecule has 29 heavy (non-hydrogen) atoms. The van der Waals surface area contributed by atoms with E-state index in [9.17, 15) is 19.2 Å². The predicted octanol–water partition coefficient (Wildman–Crippen LogP) is 2.25. The quantitative estimate of drug-likeness (QED) is 0.760. The van der Waals surface area contributed by atoms with E-state index in [1.54, 1.807) is 29.2 Å². The first-order valence-electron chi connectivity index (χ1n) is 10.2. The molecule has 1 aromatic carbocycles. The van der Waals surface area contributed by atoms with Gasteiger partial charge in [0.05, 0.1) is 0 Å². The second-order valence-corrected chi connectivity index (χ2v) is 8.18. The first kappa shape index (κ1) is 19.4. The molecule has 1 aromatic rings. The van der Waals surface area contributed by atoms with Gasteiger partial charge in [-0.3, -0.25) is 19.3 Å². The second-order valence-electron chi connectivity index (χ2n) is 8.18. The van der Waals surface area contributed by atoms with E-state index >= 15 is 0 Å². The highest BCUT2D eigenvalue weighted by Gasteiger charge is 2.55. The minimum absolute atomic E-state index is 0.0570. The smallest absolute Gasteiger partial charge is 0.325 e. The van der Waals surface area contributed by atoms with Gasteiger partial charge in [-0.15, -0.1) is 0 Å². The SMILES string of the molecule is C[C@H]1CCCC[C@@]12NC(=O)N(CC(=O)Nc1ccc(N3CCCC3=O)cc1)C2=O. The Balaban J connectivity index is 1.39. The molecular formula is C21H26N4O4. The molecule has 2 saturated heterocycles. The van der Waals surface area contributed by atoms with Gasteiger partial charge in [-0.05, 0) is 49.4 Å². The Morgan fingerprint density at radius 3 is 2.59 bits per heavy atom. The minimum atomic E-state index is -0.862. The number of anilines is 2. The zero-order chi connectivity index (χ0) is 20.6. The van der Waals surface area contributed by atoms with Crippen LogP contribution in [0.25, 0.3) is 0 Å². The maximum Gasteiger partial charge on any atom is 0.325 e. The lowest BCUT2D eigenvalue weighted by molar-refractivity contribution is -0.136. The second kappa shape index (κ2) is 7.50. The summed E-state index contributed by atoms with van der Waals surface area (Å²) in [6, 6.07) is 6.50. The number of hydrogen-bond donors (Lipinski definition) is 2. The van der Waals surface area contributed by atoms with Gasteiger partial charge >= 0.3 is 6.03 Å². The number of carbonyl (C=O) groups excluding carboxylic acids is 4. The molecule has 0 aromatic heterocycles. The molecule has 8 nitrogen and oxygen atoms in total. The van der Waals surface area contributed by atoms with Gasteiger partial charge in [0, 0.05) is 24.3 Å². The maximum atomic E-state index is 12.9. The molecule has 2 heterocycles. The Morgan fingerprint density at radius 1 is 1.17 bits per heavy atom. The Morgan fingerprint density at radius 2 is 1.93 bits per heavy atom. The summed E-state index contributed by atoms with van der Waals surface area (Å²) in [7, 11) is 0. The van der Waals surface area contributed by atoms with E-state index in [0.29, 0.717) is 25.1 Å². The molecular weight excluding hydrogens is 372 g/mol. The van der Waals surface area contributed by atoms with Crippen molar-refractivity contribution in [3.05, 3.63) is 24.3 Å². The summed E-state index contributed by atoms with van der Waals surface area (Å²) in [5.41, 5.74) is 0.491. The highest BCUT2D eigenvalue weighted by atomic mass is 16.2. The van der Waals surface area contributed by atoms with Crippen LogP contribution in [0.1, 0.15) is 45.4 Å². The summed E-state index contributed by atoms with van der Waals surface area (Å²) in [5.74, 6) is -0.570. The predicted molar refractivity (Wildman–Crippen MR) is 107 cm³/mol. The van der Waals surface area contributed by atoms with E-state index in [2.05, 4.69) is 10.6 Å².